The van der Waals surface area contributed by atoms with Crippen LogP contribution in [0.25, 0.3) is 0 Å². The molecule has 3 rings (SSSR count). The third-order valence-electron chi connectivity index (χ3n) is 2.85. The summed E-state index contributed by atoms with van der Waals surface area (Å²) in [7, 11) is -1.06. The van der Waals surface area contributed by atoms with Crippen LogP contribution < -0.4 is 0 Å². The molecule has 0 spiro atoms. The summed E-state index contributed by atoms with van der Waals surface area (Å²) < 4.78 is 17.1. The van der Waals surface area contributed by atoms with E-state index in [0.717, 1.165) is 55.2 Å². The van der Waals surface area contributed by atoms with Gasteiger partial charge in [-0.2, -0.15) is 0 Å². The molecule has 0 fully saturated rings. The van der Waals surface area contributed by atoms with Gasteiger partial charge < -0.3 is 14.2 Å². The van der Waals surface area contributed by atoms with E-state index in [0.29, 0.717) is 0 Å². The maximum Gasteiger partial charge on any atom is 0.289 e. The van der Waals surface area contributed by atoms with E-state index < -0.39 is 8.80 Å². The fourth-order valence-corrected chi connectivity index (χ4v) is 4.65. The minimum atomic E-state index is -1.06. The Hall–Kier alpha value is -1.16. The third kappa shape index (κ3) is 1.77. The first-order valence-corrected chi connectivity index (χ1v) is 7.32. The van der Waals surface area contributed by atoms with E-state index in [1.807, 2.05) is 0 Å². The highest BCUT2D eigenvalue weighted by Crippen LogP contribution is 2.29. The van der Waals surface area contributed by atoms with Crippen molar-refractivity contribution in [3.05, 3.63) is 34.4 Å². The number of rotatable bonds is 3. The van der Waals surface area contributed by atoms with Gasteiger partial charge in [0, 0.05) is 19.3 Å². The molecule has 85 valence electrons. The fourth-order valence-electron chi connectivity index (χ4n) is 2.14. The quantitative estimate of drug-likeness (QED) is 0.700. The summed E-state index contributed by atoms with van der Waals surface area (Å²) in [6, 6.07) is 0. The second kappa shape index (κ2) is 4.37. The van der Waals surface area contributed by atoms with Crippen LogP contribution in [-0.2, 0) is 14.2 Å². The van der Waals surface area contributed by atoms with E-state index in [2.05, 4.69) is 18.2 Å². The molecular formula is C12H15O3Si. The summed E-state index contributed by atoms with van der Waals surface area (Å²) in [5.74, 6) is 0. The highest BCUT2D eigenvalue weighted by molar-refractivity contribution is 6.79. The largest absolute Gasteiger partial charge is 0.502 e. The molecule has 1 radical (unpaired) electrons. The van der Waals surface area contributed by atoms with E-state index in [4.69, 9.17) is 14.2 Å². The molecule has 0 bridgehead atoms. The van der Waals surface area contributed by atoms with Crippen molar-refractivity contribution in [3.63, 3.8) is 0 Å². The monoisotopic (exact) mass is 235 g/mol. The Morgan fingerprint density at radius 2 is 1.06 bits per heavy atom. The Kier molecular flexibility index (Phi) is 2.74. The van der Waals surface area contributed by atoms with Crippen molar-refractivity contribution in [3.8, 4) is 0 Å². The predicted molar refractivity (Wildman–Crippen MR) is 61.7 cm³/mol. The van der Waals surface area contributed by atoms with Crippen molar-refractivity contribution in [2.45, 2.75) is 19.3 Å². The molecule has 0 amide bonds. The summed E-state index contributed by atoms with van der Waals surface area (Å²) in [5.41, 5.74) is 0. The van der Waals surface area contributed by atoms with Gasteiger partial charge in [-0.1, -0.05) is 0 Å². The summed E-state index contributed by atoms with van der Waals surface area (Å²) in [4.78, 5) is 0. The predicted octanol–water partition coefficient (Wildman–Crippen LogP) is 2.01. The van der Waals surface area contributed by atoms with Crippen LogP contribution in [0.2, 0.25) is 0 Å². The first-order valence-electron chi connectivity index (χ1n) is 5.82. The topological polar surface area (TPSA) is 27.7 Å². The van der Waals surface area contributed by atoms with Crippen molar-refractivity contribution in [1.29, 1.82) is 0 Å². The highest BCUT2D eigenvalue weighted by Gasteiger charge is 2.35. The zero-order valence-electron chi connectivity index (χ0n) is 9.20. The lowest BCUT2D eigenvalue weighted by Gasteiger charge is -2.17. The van der Waals surface area contributed by atoms with Gasteiger partial charge in [0.2, 0.25) is 0 Å². The van der Waals surface area contributed by atoms with Gasteiger partial charge in [0.15, 0.2) is 0 Å². The molecule has 3 heterocycles. The van der Waals surface area contributed by atoms with Crippen LogP contribution in [0.15, 0.2) is 34.4 Å². The Morgan fingerprint density at radius 1 is 0.688 bits per heavy atom. The van der Waals surface area contributed by atoms with Crippen molar-refractivity contribution >= 4 is 8.80 Å². The molecule has 0 saturated heterocycles. The molecule has 0 aromatic carbocycles. The minimum absolute atomic E-state index is 0.810. The van der Waals surface area contributed by atoms with E-state index >= 15 is 0 Å². The van der Waals surface area contributed by atoms with Crippen molar-refractivity contribution in [2.24, 2.45) is 0 Å². The lowest BCUT2D eigenvalue weighted by Crippen LogP contribution is -2.25. The molecule has 3 aliphatic heterocycles. The van der Waals surface area contributed by atoms with Gasteiger partial charge in [-0.25, -0.2) is 0 Å². The first-order chi connectivity index (χ1) is 7.95. The number of hydrogen-bond donors (Lipinski definition) is 0. The van der Waals surface area contributed by atoms with Crippen LogP contribution in [0.1, 0.15) is 19.3 Å². The molecule has 0 unspecified atom stereocenters. The zero-order chi connectivity index (χ0) is 10.8. The first kappa shape index (κ1) is 10.0. The molecule has 0 aliphatic carbocycles. The van der Waals surface area contributed by atoms with E-state index in [-0.39, 0.29) is 0 Å². The summed E-state index contributed by atoms with van der Waals surface area (Å²) in [6.45, 7) is 2.43. The van der Waals surface area contributed by atoms with Crippen LogP contribution in [0, 0.1) is 0 Å². The maximum atomic E-state index is 5.70. The molecule has 0 aromatic rings. The zero-order valence-corrected chi connectivity index (χ0v) is 10.2. The maximum absolute atomic E-state index is 5.70. The Bertz CT molecular complexity index is 313. The van der Waals surface area contributed by atoms with Gasteiger partial charge in [0.05, 0.1) is 36.0 Å². The van der Waals surface area contributed by atoms with E-state index in [1.165, 1.54) is 0 Å². The lowest BCUT2D eigenvalue weighted by molar-refractivity contribution is 0.237. The summed E-state index contributed by atoms with van der Waals surface area (Å²) >= 11 is 0. The van der Waals surface area contributed by atoms with Crippen LogP contribution in [0.3, 0.4) is 0 Å². The second-order valence-corrected chi connectivity index (χ2v) is 6.22. The molecule has 0 aromatic heterocycles. The molecule has 0 N–H and O–H groups in total. The SMILES string of the molecule is C1=C([Si](C2=CCCO2)C2=CCCO2)OCC1. The average Bonchev–Trinajstić information content (AvgIpc) is 3.02. The van der Waals surface area contributed by atoms with E-state index in [1.54, 1.807) is 0 Å². The Morgan fingerprint density at radius 3 is 1.31 bits per heavy atom. The van der Waals surface area contributed by atoms with Crippen LogP contribution in [-0.4, -0.2) is 28.6 Å². The fraction of sp³-hybridized carbons (Fsp3) is 0.500. The molecule has 0 saturated carbocycles. The molecule has 0 atom stereocenters. The number of hydrogen-bond acceptors (Lipinski definition) is 3. The van der Waals surface area contributed by atoms with Crippen molar-refractivity contribution in [1.82, 2.24) is 0 Å². The Balaban J connectivity index is 1.87. The average molecular weight is 235 g/mol. The second-order valence-electron chi connectivity index (χ2n) is 3.99. The van der Waals surface area contributed by atoms with Gasteiger partial charge in [-0.05, 0) is 18.2 Å². The van der Waals surface area contributed by atoms with Gasteiger partial charge in [0.25, 0.3) is 8.80 Å². The normalized spacial score (nSPS) is 23.4. The van der Waals surface area contributed by atoms with Gasteiger partial charge in [0.1, 0.15) is 0 Å². The standard InChI is InChI=1S/C12H15O3Si/c1-4-10(13-7-1)16(11-5-2-8-14-11)12-6-3-9-15-12/h4-6H,1-3,7-9H2. The molecule has 4 heteroatoms. The molecular weight excluding hydrogens is 220 g/mol. The van der Waals surface area contributed by atoms with Crippen molar-refractivity contribution in [2.75, 3.05) is 19.8 Å². The molecule has 3 aliphatic rings. The van der Waals surface area contributed by atoms with Crippen LogP contribution in [0.5, 0.6) is 0 Å². The van der Waals surface area contributed by atoms with Crippen LogP contribution >= 0.6 is 0 Å². The van der Waals surface area contributed by atoms with Gasteiger partial charge >= 0.3 is 0 Å². The van der Waals surface area contributed by atoms with E-state index in [9.17, 15) is 0 Å². The lowest BCUT2D eigenvalue weighted by atomic mass is 10.5. The summed E-state index contributed by atoms with van der Waals surface area (Å²) in [5, 5.41) is 3.31. The highest BCUT2D eigenvalue weighted by atomic mass is 28.3. The summed E-state index contributed by atoms with van der Waals surface area (Å²) in [6.07, 6.45) is 9.64. The Labute approximate surface area is 97.0 Å². The molecule has 3 nitrogen and oxygen atoms in total. The number of ether oxygens (including phenoxy) is 3. The minimum Gasteiger partial charge on any atom is -0.502 e. The smallest absolute Gasteiger partial charge is 0.289 e. The van der Waals surface area contributed by atoms with Gasteiger partial charge in [-0.15, -0.1) is 0 Å². The van der Waals surface area contributed by atoms with Gasteiger partial charge in [-0.3, -0.25) is 0 Å². The van der Waals surface area contributed by atoms with Crippen molar-refractivity contribution < 1.29 is 14.2 Å². The van der Waals surface area contributed by atoms with Crippen LogP contribution in [0.4, 0.5) is 0 Å². The third-order valence-corrected chi connectivity index (χ3v) is 5.38. The molecule has 16 heavy (non-hydrogen) atoms.